The van der Waals surface area contributed by atoms with Crippen LogP contribution in [0.5, 0.6) is 5.75 Å². The molecular formula is C19H16BrFO3. The average Bonchev–Trinajstić information content (AvgIpc) is 2.59. The van der Waals surface area contributed by atoms with E-state index in [-0.39, 0.29) is 10.8 Å². The second-order valence-corrected chi connectivity index (χ2v) is 6.23. The Balaban J connectivity index is 1.98. The molecule has 0 unspecified atom stereocenters. The van der Waals surface area contributed by atoms with Crippen LogP contribution in [0, 0.1) is 12.7 Å². The molecule has 0 spiro atoms. The molecule has 2 aromatic carbocycles. The van der Waals surface area contributed by atoms with E-state index in [1.807, 2.05) is 24.3 Å². The minimum absolute atomic E-state index is 0.219. The van der Waals surface area contributed by atoms with Crippen molar-refractivity contribution in [3.63, 3.8) is 0 Å². The molecule has 0 N–H and O–H groups in total. The van der Waals surface area contributed by atoms with Gasteiger partial charge in [0.1, 0.15) is 22.9 Å². The minimum Gasteiger partial charge on any atom is -0.494 e. The molecular weight excluding hydrogens is 375 g/mol. The average molecular weight is 391 g/mol. The first-order valence-electron chi connectivity index (χ1n) is 7.62. The second-order valence-electron chi connectivity index (χ2n) is 5.44. The fourth-order valence-electron chi connectivity index (χ4n) is 2.48. The first-order valence-corrected chi connectivity index (χ1v) is 8.74. The number of alkyl halides is 1. The van der Waals surface area contributed by atoms with E-state index in [1.54, 1.807) is 6.92 Å². The van der Waals surface area contributed by atoms with Gasteiger partial charge in [-0.1, -0.05) is 15.9 Å². The molecule has 124 valence electrons. The molecule has 0 bridgehead atoms. The van der Waals surface area contributed by atoms with Crippen molar-refractivity contribution >= 4 is 26.9 Å². The normalized spacial score (nSPS) is 11.0. The van der Waals surface area contributed by atoms with Crippen LogP contribution in [0.2, 0.25) is 0 Å². The third kappa shape index (κ3) is 3.36. The van der Waals surface area contributed by atoms with Gasteiger partial charge in [-0.3, -0.25) is 4.79 Å². The van der Waals surface area contributed by atoms with E-state index in [2.05, 4.69) is 15.9 Å². The monoisotopic (exact) mass is 390 g/mol. The van der Waals surface area contributed by atoms with E-state index in [9.17, 15) is 9.18 Å². The lowest BCUT2D eigenvalue weighted by molar-refractivity contribution is 0.319. The highest BCUT2D eigenvalue weighted by Crippen LogP contribution is 2.27. The molecule has 1 heterocycles. The lowest BCUT2D eigenvalue weighted by Crippen LogP contribution is -2.07. The summed E-state index contributed by atoms with van der Waals surface area (Å²) >= 11 is 3.36. The number of benzene rings is 2. The molecule has 3 nitrogen and oxygen atoms in total. The molecule has 0 fully saturated rings. The van der Waals surface area contributed by atoms with Crippen LogP contribution < -0.4 is 10.2 Å². The maximum atomic E-state index is 13.3. The summed E-state index contributed by atoms with van der Waals surface area (Å²) in [6.45, 7) is 2.33. The van der Waals surface area contributed by atoms with Crippen LogP contribution in [0.4, 0.5) is 4.39 Å². The van der Waals surface area contributed by atoms with Crippen LogP contribution in [0.1, 0.15) is 12.0 Å². The summed E-state index contributed by atoms with van der Waals surface area (Å²) in [5.74, 6) is 0.806. The maximum absolute atomic E-state index is 13.3. The number of fused-ring (bicyclic) bond motifs is 1. The summed E-state index contributed by atoms with van der Waals surface area (Å²) in [5, 5.41) is 1.15. The predicted molar refractivity (Wildman–Crippen MR) is 96.5 cm³/mol. The van der Waals surface area contributed by atoms with Crippen molar-refractivity contribution in [1.82, 2.24) is 0 Å². The third-order valence-corrected chi connectivity index (χ3v) is 4.30. The minimum atomic E-state index is -0.452. The zero-order chi connectivity index (χ0) is 17.1. The van der Waals surface area contributed by atoms with Gasteiger partial charge in [-0.15, -0.1) is 0 Å². The van der Waals surface area contributed by atoms with Crippen LogP contribution in [0.15, 0.2) is 51.7 Å². The van der Waals surface area contributed by atoms with Gasteiger partial charge < -0.3 is 9.15 Å². The summed E-state index contributed by atoms with van der Waals surface area (Å²) in [7, 11) is 0. The standard InChI is InChI=1S/C19H16BrFO3/c1-12-18(22)16-11-14(21)5-8-17(16)24-19(12)13-3-6-15(7-4-13)23-10-2-9-20/h3-8,11H,2,9-10H2,1H3. The van der Waals surface area contributed by atoms with Gasteiger partial charge in [-0.2, -0.15) is 0 Å². The van der Waals surface area contributed by atoms with Gasteiger partial charge in [-0.05, 0) is 55.8 Å². The van der Waals surface area contributed by atoms with Crippen LogP contribution >= 0.6 is 15.9 Å². The predicted octanol–water partition coefficient (Wildman–Crippen LogP) is 5.07. The number of hydrogen-bond acceptors (Lipinski definition) is 3. The van der Waals surface area contributed by atoms with Gasteiger partial charge in [0.15, 0.2) is 5.43 Å². The zero-order valence-electron chi connectivity index (χ0n) is 13.1. The molecule has 3 rings (SSSR count). The Kier molecular flexibility index (Phi) is 5.00. The maximum Gasteiger partial charge on any atom is 0.196 e. The van der Waals surface area contributed by atoms with Gasteiger partial charge in [-0.25, -0.2) is 4.39 Å². The van der Waals surface area contributed by atoms with Crippen molar-refractivity contribution in [2.45, 2.75) is 13.3 Å². The Morgan fingerprint density at radius 2 is 1.92 bits per heavy atom. The molecule has 0 saturated heterocycles. The summed E-state index contributed by atoms with van der Waals surface area (Å²) in [5.41, 5.74) is 1.40. The molecule has 0 aliphatic heterocycles. The van der Waals surface area contributed by atoms with Crippen LogP contribution in [-0.4, -0.2) is 11.9 Å². The molecule has 0 aliphatic carbocycles. The smallest absolute Gasteiger partial charge is 0.196 e. The molecule has 24 heavy (non-hydrogen) atoms. The lowest BCUT2D eigenvalue weighted by atomic mass is 10.1. The van der Waals surface area contributed by atoms with Crippen molar-refractivity contribution in [3.05, 3.63) is 64.1 Å². The molecule has 0 radical (unpaired) electrons. The highest BCUT2D eigenvalue weighted by molar-refractivity contribution is 9.09. The summed E-state index contributed by atoms with van der Waals surface area (Å²) in [6.07, 6.45) is 0.928. The van der Waals surface area contributed by atoms with Crippen molar-refractivity contribution in [3.8, 4) is 17.1 Å². The largest absolute Gasteiger partial charge is 0.494 e. The molecule has 1 aromatic heterocycles. The van der Waals surface area contributed by atoms with Crippen molar-refractivity contribution in [2.24, 2.45) is 0 Å². The quantitative estimate of drug-likeness (QED) is 0.450. The first kappa shape index (κ1) is 16.7. The Morgan fingerprint density at radius 3 is 2.62 bits per heavy atom. The van der Waals surface area contributed by atoms with Crippen LogP contribution in [0.3, 0.4) is 0 Å². The number of hydrogen-bond donors (Lipinski definition) is 0. The second kappa shape index (κ2) is 7.18. The third-order valence-electron chi connectivity index (χ3n) is 3.74. The number of ether oxygens (including phenoxy) is 1. The van der Waals surface area contributed by atoms with E-state index < -0.39 is 5.82 Å². The van der Waals surface area contributed by atoms with Crippen molar-refractivity contribution in [2.75, 3.05) is 11.9 Å². The number of rotatable bonds is 5. The topological polar surface area (TPSA) is 39.4 Å². The lowest BCUT2D eigenvalue weighted by Gasteiger charge is -2.09. The van der Waals surface area contributed by atoms with Gasteiger partial charge >= 0.3 is 0 Å². The molecule has 3 aromatic rings. The van der Waals surface area contributed by atoms with Crippen LogP contribution in [-0.2, 0) is 0 Å². The SMILES string of the molecule is Cc1c(-c2ccc(OCCCBr)cc2)oc2ccc(F)cc2c1=O. The van der Waals surface area contributed by atoms with Gasteiger partial charge in [0, 0.05) is 16.5 Å². The molecule has 0 saturated carbocycles. The fourth-order valence-corrected chi connectivity index (χ4v) is 2.71. The number of halogens is 2. The molecule has 5 heteroatoms. The van der Waals surface area contributed by atoms with E-state index in [0.29, 0.717) is 23.5 Å². The summed E-state index contributed by atoms with van der Waals surface area (Å²) < 4.78 is 24.8. The zero-order valence-corrected chi connectivity index (χ0v) is 14.7. The fraction of sp³-hybridized carbons (Fsp3) is 0.211. The van der Waals surface area contributed by atoms with E-state index in [0.717, 1.165) is 23.1 Å². The van der Waals surface area contributed by atoms with E-state index >= 15 is 0 Å². The van der Waals surface area contributed by atoms with E-state index in [4.69, 9.17) is 9.15 Å². The molecule has 0 aliphatic rings. The van der Waals surface area contributed by atoms with Crippen molar-refractivity contribution < 1.29 is 13.5 Å². The Morgan fingerprint density at radius 1 is 1.17 bits per heavy atom. The Labute approximate surface area is 147 Å². The highest BCUT2D eigenvalue weighted by atomic mass is 79.9. The highest BCUT2D eigenvalue weighted by Gasteiger charge is 2.13. The Hall–Kier alpha value is -2.14. The Bertz CT molecular complexity index is 916. The van der Waals surface area contributed by atoms with Gasteiger partial charge in [0.05, 0.1) is 12.0 Å². The first-order chi connectivity index (χ1) is 11.6. The summed E-state index contributed by atoms with van der Waals surface area (Å²) in [4.78, 5) is 12.5. The molecule has 0 amide bonds. The van der Waals surface area contributed by atoms with Gasteiger partial charge in [0.2, 0.25) is 0 Å². The van der Waals surface area contributed by atoms with Crippen LogP contribution in [0.25, 0.3) is 22.3 Å². The molecule has 0 atom stereocenters. The van der Waals surface area contributed by atoms with Gasteiger partial charge in [0.25, 0.3) is 0 Å². The summed E-state index contributed by atoms with van der Waals surface area (Å²) in [6, 6.07) is 11.4. The van der Waals surface area contributed by atoms with Crippen molar-refractivity contribution in [1.29, 1.82) is 0 Å². The van der Waals surface area contributed by atoms with E-state index in [1.165, 1.54) is 18.2 Å².